The maximum atomic E-state index is 5.44. The van der Waals surface area contributed by atoms with E-state index in [4.69, 9.17) is 4.74 Å². The number of hydrogen-bond donors (Lipinski definition) is 1. The quantitative estimate of drug-likeness (QED) is 0.874. The van der Waals surface area contributed by atoms with Crippen molar-refractivity contribution in [3.05, 3.63) is 35.4 Å². The van der Waals surface area contributed by atoms with Crippen LogP contribution in [0.15, 0.2) is 24.3 Å². The summed E-state index contributed by atoms with van der Waals surface area (Å²) in [6, 6.07) is 8.94. The summed E-state index contributed by atoms with van der Waals surface area (Å²) >= 11 is 0. The molecule has 2 aliphatic heterocycles. The topological polar surface area (TPSA) is 27.7 Å². The van der Waals surface area contributed by atoms with Crippen LogP contribution in [0.2, 0.25) is 0 Å². The molecule has 4 heteroatoms. The molecule has 1 aromatic rings. The van der Waals surface area contributed by atoms with Gasteiger partial charge in [-0.25, -0.2) is 0 Å². The van der Waals surface area contributed by atoms with E-state index in [2.05, 4.69) is 39.4 Å². The minimum Gasteiger partial charge on any atom is -0.379 e. The van der Waals surface area contributed by atoms with E-state index in [9.17, 15) is 0 Å². The highest BCUT2D eigenvalue weighted by Gasteiger charge is 2.14. The Morgan fingerprint density at radius 1 is 0.905 bits per heavy atom. The molecule has 1 N–H and O–H groups in total. The molecule has 21 heavy (non-hydrogen) atoms. The van der Waals surface area contributed by atoms with Gasteiger partial charge >= 0.3 is 0 Å². The molecule has 0 spiro atoms. The van der Waals surface area contributed by atoms with E-state index in [-0.39, 0.29) is 0 Å². The van der Waals surface area contributed by atoms with Crippen LogP contribution >= 0.6 is 0 Å². The number of ether oxygens (including phenoxy) is 1. The number of nitrogens with one attached hydrogen (secondary N) is 1. The minimum atomic E-state index is 0.878. The highest BCUT2D eigenvalue weighted by molar-refractivity contribution is 5.27. The third-order valence-corrected chi connectivity index (χ3v) is 4.52. The molecule has 0 aliphatic carbocycles. The van der Waals surface area contributed by atoms with Gasteiger partial charge in [0.2, 0.25) is 0 Å². The first-order valence-electron chi connectivity index (χ1n) is 8.22. The summed E-state index contributed by atoms with van der Waals surface area (Å²) in [6.45, 7) is 10.8. The van der Waals surface area contributed by atoms with Crippen LogP contribution in [0.1, 0.15) is 11.1 Å². The predicted molar refractivity (Wildman–Crippen MR) is 85.6 cm³/mol. The lowest BCUT2D eigenvalue weighted by atomic mass is 10.0. The van der Waals surface area contributed by atoms with Crippen molar-refractivity contribution in [1.82, 2.24) is 15.1 Å². The maximum absolute atomic E-state index is 5.44. The van der Waals surface area contributed by atoms with E-state index in [1.165, 1.54) is 37.2 Å². The van der Waals surface area contributed by atoms with Crippen LogP contribution in [-0.4, -0.2) is 68.8 Å². The fourth-order valence-corrected chi connectivity index (χ4v) is 3.17. The average Bonchev–Trinajstić information content (AvgIpc) is 2.56. The molecule has 0 aromatic heterocycles. The first kappa shape index (κ1) is 15.0. The normalized spacial score (nSPS) is 21.5. The fraction of sp³-hybridized carbons (Fsp3) is 0.647. The zero-order chi connectivity index (χ0) is 14.3. The minimum absolute atomic E-state index is 0.878. The van der Waals surface area contributed by atoms with Gasteiger partial charge in [-0.05, 0) is 17.5 Å². The molecule has 0 atom stereocenters. The Labute approximate surface area is 128 Å². The molecule has 2 fully saturated rings. The largest absolute Gasteiger partial charge is 0.379 e. The van der Waals surface area contributed by atoms with Crippen molar-refractivity contribution in [3.63, 3.8) is 0 Å². The first-order valence-corrected chi connectivity index (χ1v) is 8.22. The van der Waals surface area contributed by atoms with E-state index < -0.39 is 0 Å². The number of benzene rings is 1. The van der Waals surface area contributed by atoms with Gasteiger partial charge in [0, 0.05) is 52.4 Å². The molecule has 2 aliphatic rings. The van der Waals surface area contributed by atoms with E-state index >= 15 is 0 Å². The van der Waals surface area contributed by atoms with Crippen LogP contribution in [-0.2, 0) is 17.7 Å². The van der Waals surface area contributed by atoms with Crippen LogP contribution in [0.4, 0.5) is 0 Å². The Balaban J connectivity index is 1.56. The Hall–Kier alpha value is -0.940. The Morgan fingerprint density at radius 2 is 1.62 bits per heavy atom. The lowest BCUT2D eigenvalue weighted by Crippen LogP contribution is -2.44. The molecule has 3 rings (SSSR count). The van der Waals surface area contributed by atoms with E-state index in [0.29, 0.717) is 0 Å². The molecule has 2 heterocycles. The molecule has 0 radical (unpaired) electrons. The van der Waals surface area contributed by atoms with Crippen LogP contribution in [0.3, 0.4) is 0 Å². The number of piperazine rings is 1. The standard InChI is InChI=1S/C17H27N3O/c1-2-4-17(15-20-11-13-21-14-12-20)16(3-1)5-8-19-9-6-18-7-10-19/h1-4,18H,5-15H2. The Morgan fingerprint density at radius 3 is 2.38 bits per heavy atom. The number of nitrogens with zero attached hydrogens (tertiary/aromatic N) is 2. The molecular formula is C17H27N3O. The van der Waals surface area contributed by atoms with Gasteiger partial charge in [-0.3, -0.25) is 4.90 Å². The summed E-state index contributed by atoms with van der Waals surface area (Å²) in [5.41, 5.74) is 3.01. The second kappa shape index (κ2) is 7.90. The van der Waals surface area contributed by atoms with Gasteiger partial charge < -0.3 is 15.0 Å². The van der Waals surface area contributed by atoms with E-state index in [1.807, 2.05) is 0 Å². The van der Waals surface area contributed by atoms with Gasteiger partial charge in [0.25, 0.3) is 0 Å². The summed E-state index contributed by atoms with van der Waals surface area (Å²) in [7, 11) is 0. The van der Waals surface area contributed by atoms with Gasteiger partial charge in [-0.15, -0.1) is 0 Å². The van der Waals surface area contributed by atoms with Crippen molar-refractivity contribution in [2.45, 2.75) is 13.0 Å². The number of rotatable bonds is 5. The van der Waals surface area contributed by atoms with Gasteiger partial charge in [-0.2, -0.15) is 0 Å². The molecule has 0 saturated carbocycles. The summed E-state index contributed by atoms with van der Waals surface area (Å²) < 4.78 is 5.44. The third-order valence-electron chi connectivity index (χ3n) is 4.52. The van der Waals surface area contributed by atoms with Crippen molar-refractivity contribution in [3.8, 4) is 0 Å². The number of hydrogen-bond acceptors (Lipinski definition) is 4. The SMILES string of the molecule is c1ccc(CN2CCOCC2)c(CCN2CCNCC2)c1. The van der Waals surface area contributed by atoms with Crippen LogP contribution in [0.5, 0.6) is 0 Å². The monoisotopic (exact) mass is 289 g/mol. The zero-order valence-electron chi connectivity index (χ0n) is 12.9. The van der Waals surface area contributed by atoms with Crippen molar-refractivity contribution in [2.75, 3.05) is 59.0 Å². The smallest absolute Gasteiger partial charge is 0.0594 e. The van der Waals surface area contributed by atoms with Crippen molar-refractivity contribution < 1.29 is 4.74 Å². The second-order valence-corrected chi connectivity index (χ2v) is 6.00. The summed E-state index contributed by atoms with van der Waals surface area (Å²) in [5.74, 6) is 0. The first-order chi connectivity index (χ1) is 10.4. The van der Waals surface area contributed by atoms with Crippen molar-refractivity contribution in [2.24, 2.45) is 0 Å². The zero-order valence-corrected chi connectivity index (χ0v) is 12.9. The summed E-state index contributed by atoms with van der Waals surface area (Å²) in [5, 5.41) is 3.42. The summed E-state index contributed by atoms with van der Waals surface area (Å²) in [4.78, 5) is 5.08. The van der Waals surface area contributed by atoms with Gasteiger partial charge in [0.05, 0.1) is 13.2 Å². The molecule has 0 amide bonds. The lowest BCUT2D eigenvalue weighted by Gasteiger charge is -2.29. The van der Waals surface area contributed by atoms with Gasteiger partial charge in [0.15, 0.2) is 0 Å². The molecular weight excluding hydrogens is 262 g/mol. The number of morpholine rings is 1. The van der Waals surface area contributed by atoms with Crippen molar-refractivity contribution in [1.29, 1.82) is 0 Å². The molecule has 1 aromatic carbocycles. The predicted octanol–water partition coefficient (Wildman–Crippen LogP) is 0.967. The Kier molecular flexibility index (Phi) is 5.63. The molecule has 4 nitrogen and oxygen atoms in total. The van der Waals surface area contributed by atoms with E-state index in [0.717, 1.165) is 45.9 Å². The van der Waals surface area contributed by atoms with Crippen LogP contribution in [0.25, 0.3) is 0 Å². The average molecular weight is 289 g/mol. The van der Waals surface area contributed by atoms with Crippen LogP contribution in [0, 0.1) is 0 Å². The highest BCUT2D eigenvalue weighted by Crippen LogP contribution is 2.14. The van der Waals surface area contributed by atoms with Gasteiger partial charge in [-0.1, -0.05) is 24.3 Å². The maximum Gasteiger partial charge on any atom is 0.0594 e. The second-order valence-electron chi connectivity index (χ2n) is 6.00. The Bertz CT molecular complexity index is 426. The molecule has 0 unspecified atom stereocenters. The third kappa shape index (κ3) is 4.51. The highest BCUT2D eigenvalue weighted by atomic mass is 16.5. The van der Waals surface area contributed by atoms with Crippen molar-refractivity contribution >= 4 is 0 Å². The fourth-order valence-electron chi connectivity index (χ4n) is 3.17. The molecule has 116 valence electrons. The van der Waals surface area contributed by atoms with E-state index in [1.54, 1.807) is 0 Å². The molecule has 0 bridgehead atoms. The lowest BCUT2D eigenvalue weighted by molar-refractivity contribution is 0.0340. The molecule has 2 saturated heterocycles. The van der Waals surface area contributed by atoms with Gasteiger partial charge in [0.1, 0.15) is 0 Å². The summed E-state index contributed by atoms with van der Waals surface area (Å²) in [6.07, 6.45) is 1.17. The van der Waals surface area contributed by atoms with Crippen LogP contribution < -0.4 is 5.32 Å².